The van der Waals surface area contributed by atoms with Crippen molar-refractivity contribution < 1.29 is 14.9 Å². The van der Waals surface area contributed by atoms with Gasteiger partial charge in [0.1, 0.15) is 0 Å². The Kier molecular flexibility index (Phi) is 2.85. The fraction of sp³-hybridized carbons (Fsp3) is 0.455. The van der Waals surface area contributed by atoms with Gasteiger partial charge in [-0.2, -0.15) is 0 Å². The van der Waals surface area contributed by atoms with Crippen molar-refractivity contribution in [3.63, 3.8) is 0 Å². The van der Waals surface area contributed by atoms with Crippen molar-refractivity contribution in [1.29, 1.82) is 0 Å². The van der Waals surface area contributed by atoms with Crippen LogP contribution < -0.4 is 15.0 Å². The lowest BCUT2D eigenvalue weighted by molar-refractivity contribution is -0.364. The molecule has 2 rings (SSSR count). The van der Waals surface area contributed by atoms with Crippen LogP contribution in [-0.2, 0) is 4.79 Å². The van der Waals surface area contributed by atoms with Crippen LogP contribution in [0.1, 0.15) is 12.8 Å². The number of pyridine rings is 1. The number of aromatic amines is 1. The number of aromatic nitrogens is 1. The molecular weight excluding hydrogens is 192 g/mol. The van der Waals surface area contributed by atoms with Crippen LogP contribution in [-0.4, -0.2) is 19.1 Å². The molecule has 1 aromatic heterocycles. The standard InChI is InChI=1S/C11H14N2O2/c14-11(15)9-4-3-7-13(8-9)10-5-1-2-6-12-10/h1-2,5-6,9H,3-4,7-8H2,(H,14,15)/t9-/m1/s1. The highest BCUT2D eigenvalue weighted by Crippen LogP contribution is 2.19. The van der Waals surface area contributed by atoms with E-state index >= 15 is 0 Å². The Morgan fingerprint density at radius 2 is 2.40 bits per heavy atom. The molecule has 0 aliphatic carbocycles. The summed E-state index contributed by atoms with van der Waals surface area (Å²) in [5.74, 6) is -0.300. The molecule has 4 nitrogen and oxygen atoms in total. The molecule has 1 N–H and O–H groups in total. The highest BCUT2D eigenvalue weighted by atomic mass is 16.4. The van der Waals surface area contributed by atoms with Gasteiger partial charge in [0, 0.05) is 18.0 Å². The molecule has 1 fully saturated rings. The number of piperidine rings is 1. The number of hydrogen-bond donors (Lipinski definition) is 0. The number of nitrogens with one attached hydrogen (secondary N) is 1. The van der Waals surface area contributed by atoms with Crippen molar-refractivity contribution in [2.45, 2.75) is 12.8 Å². The molecule has 1 saturated heterocycles. The van der Waals surface area contributed by atoms with Gasteiger partial charge in [0.05, 0.1) is 19.3 Å². The average Bonchev–Trinajstić information content (AvgIpc) is 2.30. The van der Waals surface area contributed by atoms with Crippen LogP contribution in [0.2, 0.25) is 0 Å². The Morgan fingerprint density at radius 1 is 1.53 bits per heavy atom. The Morgan fingerprint density at radius 3 is 3.07 bits per heavy atom. The fourth-order valence-corrected chi connectivity index (χ4v) is 1.97. The maximum Gasteiger partial charge on any atom is 0.274 e. The molecule has 0 saturated carbocycles. The maximum atomic E-state index is 10.8. The summed E-state index contributed by atoms with van der Waals surface area (Å²) in [5.41, 5.74) is 0. The Bertz CT molecular complexity index is 340. The number of hydrogen-bond acceptors (Lipinski definition) is 3. The molecule has 1 aliphatic heterocycles. The highest BCUT2D eigenvalue weighted by molar-refractivity contribution is 5.68. The van der Waals surface area contributed by atoms with Gasteiger partial charge in [-0.15, -0.1) is 0 Å². The average molecular weight is 206 g/mol. The summed E-state index contributed by atoms with van der Waals surface area (Å²) in [6.45, 7) is 1.45. The molecule has 1 atom stereocenters. The molecule has 0 bridgehead atoms. The summed E-state index contributed by atoms with van der Waals surface area (Å²) in [5, 5.41) is 10.8. The molecule has 80 valence electrons. The second kappa shape index (κ2) is 4.29. The number of carbonyl (C=O) groups is 1. The number of nitrogens with zero attached hydrogens (tertiary/aromatic N) is 1. The van der Waals surface area contributed by atoms with Gasteiger partial charge in [-0.1, -0.05) is 6.07 Å². The second-order valence-electron chi connectivity index (χ2n) is 3.85. The number of carbonyl (C=O) groups excluding carboxylic acids is 1. The van der Waals surface area contributed by atoms with Gasteiger partial charge in [-0.3, -0.25) is 4.90 Å². The van der Waals surface area contributed by atoms with E-state index in [4.69, 9.17) is 0 Å². The number of carboxylic acid groups (broad SMARTS) is 1. The van der Waals surface area contributed by atoms with Crippen molar-refractivity contribution in [2.24, 2.45) is 5.92 Å². The summed E-state index contributed by atoms with van der Waals surface area (Å²) >= 11 is 0. The number of carboxylic acids is 1. The van der Waals surface area contributed by atoms with E-state index in [1.807, 2.05) is 24.4 Å². The van der Waals surface area contributed by atoms with Crippen LogP contribution in [0.15, 0.2) is 24.4 Å². The normalized spacial score (nSPS) is 21.3. The number of rotatable bonds is 2. The summed E-state index contributed by atoms with van der Waals surface area (Å²) < 4.78 is 0. The van der Waals surface area contributed by atoms with E-state index < -0.39 is 5.97 Å². The van der Waals surface area contributed by atoms with E-state index in [0.29, 0.717) is 6.54 Å². The quantitative estimate of drug-likeness (QED) is 0.653. The van der Waals surface area contributed by atoms with Crippen molar-refractivity contribution in [2.75, 3.05) is 18.0 Å². The van der Waals surface area contributed by atoms with Crippen molar-refractivity contribution in [3.8, 4) is 0 Å². The molecule has 0 spiro atoms. The predicted molar refractivity (Wildman–Crippen MR) is 52.9 cm³/mol. The minimum Gasteiger partial charge on any atom is -0.550 e. The van der Waals surface area contributed by atoms with E-state index in [-0.39, 0.29) is 5.92 Å². The first-order chi connectivity index (χ1) is 7.27. The van der Waals surface area contributed by atoms with Gasteiger partial charge in [-0.25, -0.2) is 4.98 Å². The van der Waals surface area contributed by atoms with Crippen molar-refractivity contribution in [1.82, 2.24) is 0 Å². The Hall–Kier alpha value is -1.58. The van der Waals surface area contributed by atoms with Crippen LogP contribution in [0.25, 0.3) is 0 Å². The van der Waals surface area contributed by atoms with E-state index in [2.05, 4.69) is 9.88 Å². The first-order valence-corrected chi connectivity index (χ1v) is 5.20. The highest BCUT2D eigenvalue weighted by Gasteiger charge is 2.26. The Balaban J connectivity index is 2.08. The van der Waals surface area contributed by atoms with E-state index in [1.54, 1.807) is 0 Å². The van der Waals surface area contributed by atoms with E-state index in [9.17, 15) is 9.90 Å². The van der Waals surface area contributed by atoms with Crippen molar-refractivity contribution in [3.05, 3.63) is 24.4 Å². The zero-order valence-corrected chi connectivity index (χ0v) is 8.48. The minimum absolute atomic E-state index is 0.340. The van der Waals surface area contributed by atoms with Gasteiger partial charge < -0.3 is 9.90 Å². The van der Waals surface area contributed by atoms with Crippen LogP contribution in [0, 0.1) is 5.92 Å². The lowest BCUT2D eigenvalue weighted by Crippen LogP contribution is -2.45. The van der Waals surface area contributed by atoms with Gasteiger partial charge in [0.2, 0.25) is 0 Å². The summed E-state index contributed by atoms with van der Waals surface area (Å²) in [7, 11) is 0. The zero-order valence-electron chi connectivity index (χ0n) is 8.48. The third-order valence-electron chi connectivity index (χ3n) is 2.79. The van der Waals surface area contributed by atoms with Gasteiger partial charge in [-0.05, 0) is 18.9 Å². The molecule has 15 heavy (non-hydrogen) atoms. The fourth-order valence-electron chi connectivity index (χ4n) is 1.97. The topological polar surface area (TPSA) is 57.5 Å². The first-order valence-electron chi connectivity index (χ1n) is 5.20. The number of aliphatic carboxylic acids is 1. The van der Waals surface area contributed by atoms with Gasteiger partial charge in [0.25, 0.3) is 5.82 Å². The maximum absolute atomic E-state index is 10.8. The smallest absolute Gasteiger partial charge is 0.274 e. The molecule has 0 radical (unpaired) electrons. The lowest BCUT2D eigenvalue weighted by atomic mass is 9.98. The predicted octanol–water partition coefficient (Wildman–Crippen LogP) is -0.533. The monoisotopic (exact) mass is 206 g/mol. The van der Waals surface area contributed by atoms with Crippen LogP contribution >= 0.6 is 0 Å². The van der Waals surface area contributed by atoms with Crippen LogP contribution in [0.3, 0.4) is 0 Å². The van der Waals surface area contributed by atoms with Crippen molar-refractivity contribution >= 4 is 11.8 Å². The molecule has 1 aliphatic rings. The largest absolute Gasteiger partial charge is 0.550 e. The minimum atomic E-state index is -0.935. The van der Waals surface area contributed by atoms with E-state index in [0.717, 1.165) is 25.2 Å². The molecule has 0 amide bonds. The lowest BCUT2D eigenvalue weighted by Gasteiger charge is -2.28. The zero-order chi connectivity index (χ0) is 10.7. The molecule has 0 unspecified atom stereocenters. The molecule has 2 heterocycles. The third kappa shape index (κ3) is 2.26. The second-order valence-corrected chi connectivity index (χ2v) is 3.85. The molecule has 1 aromatic rings. The number of H-pyrrole nitrogens is 1. The number of anilines is 1. The molecule has 4 heteroatoms. The van der Waals surface area contributed by atoms with Crippen LogP contribution in [0.4, 0.5) is 5.82 Å². The first kappa shape index (κ1) is 9.96. The summed E-state index contributed by atoms with van der Waals surface area (Å²) in [6.07, 6.45) is 3.48. The summed E-state index contributed by atoms with van der Waals surface area (Å²) in [6, 6.07) is 5.80. The third-order valence-corrected chi connectivity index (χ3v) is 2.79. The van der Waals surface area contributed by atoms with Gasteiger partial charge >= 0.3 is 0 Å². The SMILES string of the molecule is O=C([O-])[C@@H]1CCCN(c2cccc[nH+]2)C1. The van der Waals surface area contributed by atoms with Crippen LogP contribution in [0.5, 0.6) is 0 Å². The Labute approximate surface area is 88.6 Å². The molecular formula is C11H14N2O2. The van der Waals surface area contributed by atoms with E-state index in [1.165, 1.54) is 0 Å². The van der Waals surface area contributed by atoms with Gasteiger partial charge in [0.15, 0.2) is 0 Å². The summed E-state index contributed by atoms with van der Waals surface area (Å²) in [4.78, 5) is 16.0. The molecule has 0 aromatic carbocycles.